The lowest BCUT2D eigenvalue weighted by Crippen LogP contribution is -2.30. The van der Waals surface area contributed by atoms with Gasteiger partial charge in [0.25, 0.3) is 15.7 Å². The second kappa shape index (κ2) is 4.54. The molecule has 0 aliphatic carbocycles. The van der Waals surface area contributed by atoms with Gasteiger partial charge in [-0.1, -0.05) is 0 Å². The van der Waals surface area contributed by atoms with E-state index in [9.17, 15) is 13.2 Å². The first-order valence-electron chi connectivity index (χ1n) is 5.63. The fourth-order valence-corrected chi connectivity index (χ4v) is 2.64. The predicted molar refractivity (Wildman–Crippen MR) is 70.0 cm³/mol. The number of likely N-dealkylation sites (N-methyl/N-ethyl adjacent to an activating group) is 1. The maximum absolute atomic E-state index is 11.9. The predicted octanol–water partition coefficient (Wildman–Crippen LogP) is -1.77. The molecule has 0 radical (unpaired) electrons. The van der Waals surface area contributed by atoms with Gasteiger partial charge in [0.1, 0.15) is 11.5 Å². The molecule has 4 N–H and O–H groups in total. The smallest absolute Gasteiger partial charge is 0.292 e. The average Bonchev–Trinajstić information content (AvgIpc) is 2.43. The van der Waals surface area contributed by atoms with Gasteiger partial charge in [0.05, 0.1) is 12.8 Å². The van der Waals surface area contributed by atoms with Crippen LogP contribution in [0.5, 0.6) is 0 Å². The second-order valence-corrected chi connectivity index (χ2v) is 6.19. The lowest BCUT2D eigenvalue weighted by atomic mass is 10.4. The zero-order chi connectivity index (χ0) is 14.4. The van der Waals surface area contributed by atoms with Gasteiger partial charge < -0.3 is 11.5 Å². The summed E-state index contributed by atoms with van der Waals surface area (Å²) in [4.78, 5) is 13.8. The number of anilines is 2. The Morgan fingerprint density at radius 1 is 1.32 bits per heavy atom. The van der Waals surface area contributed by atoms with Crippen molar-refractivity contribution >= 4 is 21.6 Å². The fourth-order valence-electron chi connectivity index (χ4n) is 2.09. The third-order valence-corrected chi connectivity index (χ3v) is 3.54. The Balaban J connectivity index is 2.56. The molecule has 9 nitrogen and oxygen atoms in total. The Morgan fingerprint density at radius 2 is 1.95 bits per heavy atom. The first-order chi connectivity index (χ1) is 8.70. The van der Waals surface area contributed by atoms with Crippen LogP contribution in [-0.4, -0.2) is 49.1 Å². The molecule has 0 fully saturated rings. The summed E-state index contributed by atoms with van der Waals surface area (Å²) in [5.41, 5.74) is 10.8. The van der Waals surface area contributed by atoms with Crippen LogP contribution >= 0.6 is 0 Å². The minimum Gasteiger partial charge on any atom is -0.391 e. The van der Waals surface area contributed by atoms with Crippen molar-refractivity contribution in [2.24, 2.45) is 0 Å². The van der Waals surface area contributed by atoms with Crippen molar-refractivity contribution < 1.29 is 12.6 Å². The van der Waals surface area contributed by atoms with Gasteiger partial charge in [0.15, 0.2) is 6.23 Å². The monoisotopic (exact) mass is 291 g/mol. The molecule has 10 heteroatoms. The van der Waals surface area contributed by atoms with Gasteiger partial charge in [0.2, 0.25) is 0 Å². The summed E-state index contributed by atoms with van der Waals surface area (Å²) in [6.45, 7) is 1.21. The summed E-state index contributed by atoms with van der Waals surface area (Å²) >= 11 is 0. The molecule has 1 aliphatic rings. The molecular weight excluding hydrogens is 274 g/mol. The van der Waals surface area contributed by atoms with Crippen LogP contribution in [0.1, 0.15) is 6.23 Å². The SMILES string of the molecule is CN1CCn2c(=O)c(N)c(N)n2C(OS(C)(=O)=O)C1. The van der Waals surface area contributed by atoms with Crippen LogP contribution in [0.3, 0.4) is 0 Å². The van der Waals surface area contributed by atoms with Crippen molar-refractivity contribution in [3.8, 4) is 0 Å². The van der Waals surface area contributed by atoms with Crippen molar-refractivity contribution in [3.63, 3.8) is 0 Å². The number of nitrogens with zero attached hydrogens (tertiary/aromatic N) is 3. The maximum atomic E-state index is 11.9. The van der Waals surface area contributed by atoms with E-state index in [-0.39, 0.29) is 18.1 Å². The van der Waals surface area contributed by atoms with Gasteiger partial charge >= 0.3 is 0 Å². The van der Waals surface area contributed by atoms with E-state index in [1.54, 1.807) is 7.05 Å². The van der Waals surface area contributed by atoms with Crippen LogP contribution in [-0.2, 0) is 20.8 Å². The highest BCUT2D eigenvalue weighted by atomic mass is 32.2. The first-order valence-corrected chi connectivity index (χ1v) is 7.45. The van der Waals surface area contributed by atoms with Crippen LogP contribution in [0.2, 0.25) is 0 Å². The van der Waals surface area contributed by atoms with E-state index >= 15 is 0 Å². The average molecular weight is 291 g/mol. The minimum absolute atomic E-state index is 0.0222. The molecule has 1 aromatic rings. The van der Waals surface area contributed by atoms with Crippen LogP contribution in [0.25, 0.3) is 0 Å². The zero-order valence-corrected chi connectivity index (χ0v) is 11.6. The molecule has 0 saturated heterocycles. The van der Waals surface area contributed by atoms with Gasteiger partial charge in [-0.05, 0) is 7.05 Å². The third-order valence-electron chi connectivity index (χ3n) is 2.97. The highest BCUT2D eigenvalue weighted by molar-refractivity contribution is 7.85. The Hall–Kier alpha value is -1.52. The molecule has 0 amide bonds. The minimum atomic E-state index is -3.69. The summed E-state index contributed by atoms with van der Waals surface area (Å²) in [6.07, 6.45) is 0.0381. The maximum Gasteiger partial charge on any atom is 0.292 e. The molecule has 0 aromatic carbocycles. The molecule has 108 valence electrons. The van der Waals surface area contributed by atoms with Gasteiger partial charge in [-0.3, -0.25) is 9.69 Å². The van der Waals surface area contributed by atoms with Crippen LogP contribution < -0.4 is 17.0 Å². The van der Waals surface area contributed by atoms with E-state index in [0.29, 0.717) is 13.1 Å². The van der Waals surface area contributed by atoms with Crippen molar-refractivity contribution in [3.05, 3.63) is 10.4 Å². The quantitative estimate of drug-likeness (QED) is 0.618. The van der Waals surface area contributed by atoms with E-state index < -0.39 is 21.9 Å². The highest BCUT2D eigenvalue weighted by Crippen LogP contribution is 2.22. The Bertz CT molecular complexity index is 646. The van der Waals surface area contributed by atoms with Crippen molar-refractivity contribution in [2.45, 2.75) is 12.8 Å². The van der Waals surface area contributed by atoms with Crippen LogP contribution in [0.15, 0.2) is 4.79 Å². The number of hydrogen-bond donors (Lipinski definition) is 2. The number of rotatable bonds is 2. The molecule has 1 unspecified atom stereocenters. The lowest BCUT2D eigenvalue weighted by molar-refractivity contribution is 0.0960. The highest BCUT2D eigenvalue weighted by Gasteiger charge is 2.29. The van der Waals surface area contributed by atoms with E-state index in [0.717, 1.165) is 6.26 Å². The Labute approximate surface area is 110 Å². The largest absolute Gasteiger partial charge is 0.391 e. The van der Waals surface area contributed by atoms with Crippen molar-refractivity contribution in [1.82, 2.24) is 14.3 Å². The standard InChI is InChI=1S/C9H17N5O4S/c1-12-3-4-13-9(15)7(10)8(11)14(13)6(5-12)18-19(2,16)17/h6H,3-5,10-11H2,1-2H3. The van der Waals surface area contributed by atoms with Gasteiger partial charge in [-0.15, -0.1) is 0 Å². The molecule has 2 rings (SSSR count). The Morgan fingerprint density at radius 3 is 2.53 bits per heavy atom. The summed E-state index contributed by atoms with van der Waals surface area (Å²) in [6, 6.07) is 0. The number of aromatic nitrogens is 2. The normalized spacial score (nSPS) is 21.1. The summed E-state index contributed by atoms with van der Waals surface area (Å²) in [5.74, 6) is 0.0222. The zero-order valence-electron chi connectivity index (χ0n) is 10.7. The molecule has 0 saturated carbocycles. The number of nitrogens with two attached hydrogens (primary N) is 2. The molecule has 1 atom stereocenters. The summed E-state index contributed by atoms with van der Waals surface area (Å²) < 4.78 is 30.3. The Kier molecular flexibility index (Phi) is 3.32. The first kappa shape index (κ1) is 13.9. The summed E-state index contributed by atoms with van der Waals surface area (Å²) in [5, 5.41) is 0. The van der Waals surface area contributed by atoms with Gasteiger partial charge in [-0.2, -0.15) is 8.42 Å². The van der Waals surface area contributed by atoms with Crippen LogP contribution in [0, 0.1) is 0 Å². The fraction of sp³-hybridized carbons (Fsp3) is 0.667. The second-order valence-electron chi connectivity index (χ2n) is 4.59. The van der Waals surface area contributed by atoms with Crippen molar-refractivity contribution in [1.29, 1.82) is 0 Å². The molecule has 2 heterocycles. The topological polar surface area (TPSA) is 126 Å². The molecule has 19 heavy (non-hydrogen) atoms. The van der Waals surface area contributed by atoms with E-state index in [2.05, 4.69) is 0 Å². The van der Waals surface area contributed by atoms with Crippen LogP contribution in [0.4, 0.5) is 11.5 Å². The van der Waals surface area contributed by atoms with E-state index in [1.807, 2.05) is 4.90 Å². The number of fused-ring (bicyclic) bond motifs is 1. The number of nitrogen functional groups attached to an aromatic ring is 2. The molecule has 1 aliphatic heterocycles. The molecule has 1 aromatic heterocycles. The van der Waals surface area contributed by atoms with Crippen molar-refractivity contribution in [2.75, 3.05) is 37.9 Å². The van der Waals surface area contributed by atoms with E-state index in [1.165, 1.54) is 9.36 Å². The molecule has 0 bridgehead atoms. The van der Waals surface area contributed by atoms with E-state index in [4.69, 9.17) is 15.7 Å². The van der Waals surface area contributed by atoms with Gasteiger partial charge in [0, 0.05) is 13.1 Å². The molecular formula is C9H17N5O4S. The third kappa shape index (κ3) is 2.60. The summed E-state index contributed by atoms with van der Waals surface area (Å²) in [7, 11) is -1.88. The molecule has 0 spiro atoms. The van der Waals surface area contributed by atoms with Gasteiger partial charge in [-0.25, -0.2) is 13.5 Å². The number of hydrogen-bond acceptors (Lipinski definition) is 7. The lowest BCUT2D eigenvalue weighted by Gasteiger charge is -2.21.